The van der Waals surface area contributed by atoms with Crippen molar-refractivity contribution < 1.29 is 0 Å². The van der Waals surface area contributed by atoms with E-state index in [2.05, 4.69) is 68.0 Å². The average molecular weight is 384 g/mol. The SMILES string of the molecule is Cn1cc(I)c2c(I)nccc21. The Kier molecular flexibility index (Phi) is 2.28. The van der Waals surface area contributed by atoms with E-state index in [9.17, 15) is 0 Å². The maximum absolute atomic E-state index is 4.25. The zero-order chi connectivity index (χ0) is 8.72. The zero-order valence-corrected chi connectivity index (χ0v) is 10.7. The van der Waals surface area contributed by atoms with Crippen molar-refractivity contribution in [1.82, 2.24) is 9.55 Å². The Morgan fingerprint density at radius 2 is 2.17 bits per heavy atom. The van der Waals surface area contributed by atoms with Crippen molar-refractivity contribution in [1.29, 1.82) is 0 Å². The Bertz CT molecular complexity index is 434. The van der Waals surface area contributed by atoms with Gasteiger partial charge in [-0.05, 0) is 51.2 Å². The van der Waals surface area contributed by atoms with Crippen molar-refractivity contribution >= 4 is 56.1 Å². The lowest BCUT2D eigenvalue weighted by atomic mass is 10.3. The van der Waals surface area contributed by atoms with Crippen LogP contribution in [0.3, 0.4) is 0 Å². The maximum Gasteiger partial charge on any atom is 0.111 e. The number of hydrogen-bond donors (Lipinski definition) is 0. The first-order valence-electron chi connectivity index (χ1n) is 3.45. The number of aryl methyl sites for hydroxylation is 1. The fourth-order valence-corrected chi connectivity index (χ4v) is 3.44. The number of halogens is 2. The van der Waals surface area contributed by atoms with Gasteiger partial charge in [0.15, 0.2) is 0 Å². The van der Waals surface area contributed by atoms with Crippen molar-refractivity contribution in [2.75, 3.05) is 0 Å². The first-order chi connectivity index (χ1) is 5.70. The first-order valence-corrected chi connectivity index (χ1v) is 5.61. The highest BCUT2D eigenvalue weighted by molar-refractivity contribution is 14.1. The molecule has 0 saturated carbocycles. The number of nitrogens with zero attached hydrogens (tertiary/aromatic N) is 2. The Morgan fingerprint density at radius 1 is 1.42 bits per heavy atom. The van der Waals surface area contributed by atoms with Crippen LogP contribution in [0.5, 0.6) is 0 Å². The minimum absolute atomic E-state index is 1.08. The predicted molar refractivity (Wildman–Crippen MR) is 66.1 cm³/mol. The highest BCUT2D eigenvalue weighted by Gasteiger charge is 2.06. The van der Waals surface area contributed by atoms with Crippen LogP contribution in [0.1, 0.15) is 0 Å². The van der Waals surface area contributed by atoms with Gasteiger partial charge in [-0.25, -0.2) is 4.98 Å². The highest BCUT2D eigenvalue weighted by atomic mass is 127. The molecule has 0 aliphatic heterocycles. The van der Waals surface area contributed by atoms with E-state index in [0.29, 0.717) is 0 Å². The summed E-state index contributed by atoms with van der Waals surface area (Å²) in [4.78, 5) is 4.25. The van der Waals surface area contributed by atoms with Gasteiger partial charge in [-0.15, -0.1) is 0 Å². The van der Waals surface area contributed by atoms with Gasteiger partial charge in [-0.1, -0.05) is 0 Å². The second-order valence-electron chi connectivity index (χ2n) is 2.58. The van der Waals surface area contributed by atoms with Crippen molar-refractivity contribution in [3.8, 4) is 0 Å². The second-order valence-corrected chi connectivity index (χ2v) is 4.77. The van der Waals surface area contributed by atoms with Gasteiger partial charge in [-0.3, -0.25) is 0 Å². The quantitative estimate of drug-likeness (QED) is 0.505. The van der Waals surface area contributed by atoms with E-state index < -0.39 is 0 Å². The van der Waals surface area contributed by atoms with Gasteiger partial charge in [0, 0.05) is 28.4 Å². The van der Waals surface area contributed by atoms with Crippen LogP contribution >= 0.6 is 45.2 Å². The van der Waals surface area contributed by atoms with E-state index >= 15 is 0 Å². The third-order valence-electron chi connectivity index (χ3n) is 1.81. The van der Waals surface area contributed by atoms with Crippen molar-refractivity contribution in [2.45, 2.75) is 0 Å². The first kappa shape index (κ1) is 8.74. The molecule has 12 heavy (non-hydrogen) atoms. The maximum atomic E-state index is 4.25. The molecule has 0 aromatic carbocycles. The minimum Gasteiger partial charge on any atom is -0.349 e. The molecule has 2 aromatic heterocycles. The lowest BCUT2D eigenvalue weighted by Gasteiger charge is -1.95. The molecule has 0 fully saturated rings. The molecule has 2 aromatic rings. The molecular formula is C8H6I2N2. The van der Waals surface area contributed by atoms with Crippen LogP contribution in [-0.4, -0.2) is 9.55 Å². The van der Waals surface area contributed by atoms with Crippen LogP contribution in [0.25, 0.3) is 10.9 Å². The van der Waals surface area contributed by atoms with Crippen LogP contribution in [0, 0.1) is 7.27 Å². The van der Waals surface area contributed by atoms with E-state index in [1.807, 2.05) is 12.3 Å². The molecule has 0 amide bonds. The molecule has 2 rings (SSSR count). The van der Waals surface area contributed by atoms with E-state index in [0.717, 1.165) is 3.70 Å². The number of rotatable bonds is 0. The Hall–Kier alpha value is 0.150. The Morgan fingerprint density at radius 3 is 2.83 bits per heavy atom. The largest absolute Gasteiger partial charge is 0.349 e. The Balaban J connectivity index is 2.99. The molecule has 62 valence electrons. The molecular weight excluding hydrogens is 378 g/mol. The molecule has 0 unspecified atom stereocenters. The zero-order valence-electron chi connectivity index (χ0n) is 6.38. The summed E-state index contributed by atoms with van der Waals surface area (Å²) in [7, 11) is 2.06. The van der Waals surface area contributed by atoms with Crippen LogP contribution in [0.15, 0.2) is 18.5 Å². The summed E-state index contributed by atoms with van der Waals surface area (Å²) in [6.45, 7) is 0. The molecule has 0 radical (unpaired) electrons. The molecule has 2 nitrogen and oxygen atoms in total. The number of aromatic nitrogens is 2. The molecule has 0 bridgehead atoms. The van der Waals surface area contributed by atoms with Crippen LogP contribution < -0.4 is 0 Å². The normalized spacial score (nSPS) is 10.9. The summed E-state index contributed by atoms with van der Waals surface area (Å²) in [5.41, 5.74) is 1.25. The second kappa shape index (κ2) is 3.13. The third-order valence-corrected chi connectivity index (χ3v) is 3.44. The molecule has 0 spiro atoms. The summed E-state index contributed by atoms with van der Waals surface area (Å²) in [6, 6.07) is 2.04. The summed E-state index contributed by atoms with van der Waals surface area (Å²) in [5, 5.41) is 1.27. The topological polar surface area (TPSA) is 17.8 Å². The van der Waals surface area contributed by atoms with E-state index in [-0.39, 0.29) is 0 Å². The molecule has 0 saturated heterocycles. The molecule has 4 heteroatoms. The predicted octanol–water partition coefficient (Wildman–Crippen LogP) is 2.78. The third kappa shape index (κ3) is 1.24. The summed E-state index contributed by atoms with van der Waals surface area (Å²) < 4.78 is 4.47. The lowest BCUT2D eigenvalue weighted by molar-refractivity contribution is 0.965. The van der Waals surface area contributed by atoms with Crippen molar-refractivity contribution in [3.05, 3.63) is 25.7 Å². The van der Waals surface area contributed by atoms with E-state index in [1.54, 1.807) is 0 Å². The van der Waals surface area contributed by atoms with Gasteiger partial charge in [0.2, 0.25) is 0 Å². The van der Waals surface area contributed by atoms with E-state index in [1.165, 1.54) is 14.5 Å². The molecule has 0 N–H and O–H groups in total. The fraction of sp³-hybridized carbons (Fsp3) is 0.125. The number of fused-ring (bicyclic) bond motifs is 1. The average Bonchev–Trinajstić information content (AvgIpc) is 2.29. The van der Waals surface area contributed by atoms with Gasteiger partial charge >= 0.3 is 0 Å². The molecule has 0 aliphatic rings. The molecule has 0 aliphatic carbocycles. The highest BCUT2D eigenvalue weighted by Crippen LogP contribution is 2.24. The fourth-order valence-electron chi connectivity index (χ4n) is 1.25. The van der Waals surface area contributed by atoms with Gasteiger partial charge < -0.3 is 4.57 Å². The van der Waals surface area contributed by atoms with Crippen LogP contribution in [0.2, 0.25) is 0 Å². The summed E-state index contributed by atoms with van der Waals surface area (Å²) in [6.07, 6.45) is 3.97. The molecule has 0 atom stereocenters. The monoisotopic (exact) mass is 384 g/mol. The van der Waals surface area contributed by atoms with Crippen molar-refractivity contribution in [3.63, 3.8) is 0 Å². The van der Waals surface area contributed by atoms with Gasteiger partial charge in [0.1, 0.15) is 3.70 Å². The van der Waals surface area contributed by atoms with E-state index in [4.69, 9.17) is 0 Å². The number of hydrogen-bond acceptors (Lipinski definition) is 1. The molecule has 2 heterocycles. The standard InChI is InChI=1S/C8H6I2N2/c1-12-4-5(9)7-6(12)2-3-11-8(7)10/h2-4H,1H3. The smallest absolute Gasteiger partial charge is 0.111 e. The summed E-state index contributed by atoms with van der Waals surface area (Å²) >= 11 is 4.61. The Labute approximate surface area is 97.6 Å². The summed E-state index contributed by atoms with van der Waals surface area (Å²) in [5.74, 6) is 0. The number of pyridine rings is 1. The van der Waals surface area contributed by atoms with Gasteiger partial charge in [0.25, 0.3) is 0 Å². The van der Waals surface area contributed by atoms with Gasteiger partial charge in [-0.2, -0.15) is 0 Å². The lowest BCUT2D eigenvalue weighted by Crippen LogP contribution is -1.85. The van der Waals surface area contributed by atoms with Crippen molar-refractivity contribution in [2.24, 2.45) is 7.05 Å². The van der Waals surface area contributed by atoms with Crippen LogP contribution in [0.4, 0.5) is 0 Å². The van der Waals surface area contributed by atoms with Crippen LogP contribution in [-0.2, 0) is 7.05 Å². The minimum atomic E-state index is 1.08. The van der Waals surface area contributed by atoms with Gasteiger partial charge in [0.05, 0.1) is 5.52 Å².